The molecule has 1 aromatic carbocycles. The van der Waals surface area contributed by atoms with Gasteiger partial charge >= 0.3 is 0 Å². The second kappa shape index (κ2) is 9.04. The van der Waals surface area contributed by atoms with Gasteiger partial charge in [0.15, 0.2) is 5.96 Å². The zero-order valence-corrected chi connectivity index (χ0v) is 15.8. The Bertz CT molecular complexity index is 630. The summed E-state index contributed by atoms with van der Waals surface area (Å²) in [5, 5.41) is 3.55. The first kappa shape index (κ1) is 19.5. The molecule has 1 saturated carbocycles. The molecule has 5 nitrogen and oxygen atoms in total. The van der Waals surface area contributed by atoms with Crippen molar-refractivity contribution in [2.75, 3.05) is 27.7 Å². The standard InChI is InChI=1S/C18H26ClFN4O/c1-23(2)17(25)11-21-18(22-14-6-4-5-7-14)24(3)12-13-8-9-15(19)16(20)10-13/h8-10,14H,4-7,11-12H2,1-3H3,(H,21,22). The van der Waals surface area contributed by atoms with Crippen molar-refractivity contribution in [3.8, 4) is 0 Å². The Morgan fingerprint density at radius 3 is 2.60 bits per heavy atom. The number of guanidine groups is 1. The van der Waals surface area contributed by atoms with Gasteiger partial charge in [0, 0.05) is 33.7 Å². The molecule has 138 valence electrons. The van der Waals surface area contributed by atoms with Crippen LogP contribution in [0.4, 0.5) is 4.39 Å². The minimum Gasteiger partial charge on any atom is -0.353 e. The summed E-state index contributed by atoms with van der Waals surface area (Å²) in [5.41, 5.74) is 0.796. The molecule has 1 aliphatic rings. The van der Waals surface area contributed by atoms with Crippen molar-refractivity contribution < 1.29 is 9.18 Å². The number of benzene rings is 1. The van der Waals surface area contributed by atoms with Gasteiger partial charge in [0.25, 0.3) is 0 Å². The second-order valence-corrected chi connectivity index (χ2v) is 7.07. The lowest BCUT2D eigenvalue weighted by Crippen LogP contribution is -2.43. The van der Waals surface area contributed by atoms with Gasteiger partial charge in [-0.05, 0) is 30.5 Å². The van der Waals surface area contributed by atoms with Crippen LogP contribution < -0.4 is 5.32 Å². The molecule has 1 fully saturated rings. The van der Waals surface area contributed by atoms with Crippen molar-refractivity contribution in [3.63, 3.8) is 0 Å². The predicted molar refractivity (Wildman–Crippen MR) is 99.3 cm³/mol. The van der Waals surface area contributed by atoms with E-state index < -0.39 is 5.82 Å². The summed E-state index contributed by atoms with van der Waals surface area (Å²) in [6.45, 7) is 0.560. The highest BCUT2D eigenvalue weighted by molar-refractivity contribution is 6.30. The van der Waals surface area contributed by atoms with E-state index in [1.807, 2.05) is 11.9 Å². The fraction of sp³-hybridized carbons (Fsp3) is 0.556. The molecule has 1 amide bonds. The summed E-state index contributed by atoms with van der Waals surface area (Å²) in [4.78, 5) is 19.7. The lowest BCUT2D eigenvalue weighted by Gasteiger charge is -2.25. The van der Waals surface area contributed by atoms with Gasteiger partial charge in [-0.3, -0.25) is 4.79 Å². The van der Waals surface area contributed by atoms with Gasteiger partial charge in [-0.15, -0.1) is 0 Å². The van der Waals surface area contributed by atoms with E-state index in [1.165, 1.54) is 23.8 Å². The van der Waals surface area contributed by atoms with E-state index >= 15 is 0 Å². The lowest BCUT2D eigenvalue weighted by molar-refractivity contribution is -0.127. The molecule has 0 heterocycles. The third-order valence-corrected chi connectivity index (χ3v) is 4.62. The number of carbonyl (C=O) groups excluding carboxylic acids is 1. The van der Waals surface area contributed by atoms with Crippen LogP contribution in [0.5, 0.6) is 0 Å². The molecule has 0 bridgehead atoms. The van der Waals surface area contributed by atoms with Crippen LogP contribution in [0.2, 0.25) is 5.02 Å². The highest BCUT2D eigenvalue weighted by Crippen LogP contribution is 2.19. The maximum atomic E-state index is 13.7. The van der Waals surface area contributed by atoms with Crippen LogP contribution >= 0.6 is 11.6 Å². The zero-order valence-electron chi connectivity index (χ0n) is 15.1. The van der Waals surface area contributed by atoms with Crippen molar-refractivity contribution in [3.05, 3.63) is 34.6 Å². The topological polar surface area (TPSA) is 47.9 Å². The number of aliphatic imine (C=N–C) groups is 1. The minimum atomic E-state index is -0.433. The molecule has 0 aromatic heterocycles. The van der Waals surface area contributed by atoms with E-state index in [4.69, 9.17) is 11.6 Å². The monoisotopic (exact) mass is 368 g/mol. The number of hydrogen-bond acceptors (Lipinski definition) is 2. The van der Waals surface area contributed by atoms with Crippen molar-refractivity contribution in [2.24, 2.45) is 4.99 Å². The van der Waals surface area contributed by atoms with Gasteiger partial charge in [0.05, 0.1) is 5.02 Å². The Hall–Kier alpha value is -1.82. The summed E-state index contributed by atoms with van der Waals surface area (Å²) in [5.74, 6) is 0.173. The van der Waals surface area contributed by atoms with Crippen molar-refractivity contribution >= 4 is 23.5 Å². The Morgan fingerprint density at radius 2 is 2.00 bits per heavy atom. The van der Waals surface area contributed by atoms with Crippen molar-refractivity contribution in [2.45, 2.75) is 38.3 Å². The van der Waals surface area contributed by atoms with E-state index in [0.29, 0.717) is 18.5 Å². The van der Waals surface area contributed by atoms with Gasteiger partial charge < -0.3 is 15.1 Å². The summed E-state index contributed by atoms with van der Waals surface area (Å²) in [6.07, 6.45) is 4.61. The summed E-state index contributed by atoms with van der Waals surface area (Å²) in [6, 6.07) is 5.14. The van der Waals surface area contributed by atoms with Gasteiger partial charge in [-0.25, -0.2) is 9.38 Å². The number of carbonyl (C=O) groups is 1. The minimum absolute atomic E-state index is 0.0586. The Balaban J connectivity index is 2.09. The maximum Gasteiger partial charge on any atom is 0.243 e. The Kier molecular flexibility index (Phi) is 7.05. The quantitative estimate of drug-likeness (QED) is 0.642. The number of hydrogen-bond donors (Lipinski definition) is 1. The van der Waals surface area contributed by atoms with E-state index in [9.17, 15) is 9.18 Å². The molecule has 1 N–H and O–H groups in total. The van der Waals surface area contributed by atoms with Gasteiger partial charge in [-0.2, -0.15) is 0 Å². The fourth-order valence-electron chi connectivity index (χ4n) is 2.80. The van der Waals surface area contributed by atoms with Crippen LogP contribution in [0, 0.1) is 5.82 Å². The van der Waals surface area contributed by atoms with Crippen LogP contribution in [-0.2, 0) is 11.3 Å². The van der Waals surface area contributed by atoms with Gasteiger partial charge in [-0.1, -0.05) is 30.5 Å². The molecule has 0 unspecified atom stereocenters. The average molecular weight is 369 g/mol. The van der Waals surface area contributed by atoms with Gasteiger partial charge in [0.2, 0.25) is 5.91 Å². The number of amides is 1. The normalized spacial score (nSPS) is 15.3. The van der Waals surface area contributed by atoms with E-state index in [2.05, 4.69) is 10.3 Å². The number of likely N-dealkylation sites (N-methyl/N-ethyl adjacent to an activating group) is 1. The van der Waals surface area contributed by atoms with E-state index in [-0.39, 0.29) is 17.5 Å². The van der Waals surface area contributed by atoms with Crippen molar-refractivity contribution in [1.29, 1.82) is 0 Å². The smallest absolute Gasteiger partial charge is 0.243 e. The molecular weight excluding hydrogens is 343 g/mol. The molecular formula is C18H26ClFN4O. The highest BCUT2D eigenvalue weighted by Gasteiger charge is 2.19. The van der Waals surface area contributed by atoms with Crippen molar-refractivity contribution in [1.82, 2.24) is 15.1 Å². The molecule has 0 aliphatic heterocycles. The Labute approximate surface area is 153 Å². The zero-order chi connectivity index (χ0) is 18.4. The number of nitrogens with one attached hydrogen (secondary N) is 1. The Morgan fingerprint density at radius 1 is 1.32 bits per heavy atom. The lowest BCUT2D eigenvalue weighted by atomic mass is 10.2. The molecule has 1 aromatic rings. The molecule has 25 heavy (non-hydrogen) atoms. The van der Waals surface area contributed by atoms with Crippen LogP contribution in [0.25, 0.3) is 0 Å². The van der Waals surface area contributed by atoms with E-state index in [0.717, 1.165) is 18.4 Å². The highest BCUT2D eigenvalue weighted by atomic mass is 35.5. The first-order valence-electron chi connectivity index (χ1n) is 8.53. The average Bonchev–Trinajstić information content (AvgIpc) is 3.07. The molecule has 0 saturated heterocycles. The number of rotatable bonds is 5. The molecule has 7 heteroatoms. The first-order chi connectivity index (χ1) is 11.9. The largest absolute Gasteiger partial charge is 0.353 e. The number of halogens is 2. The predicted octanol–water partition coefficient (Wildman–Crippen LogP) is 2.89. The molecule has 0 radical (unpaired) electrons. The van der Waals surface area contributed by atoms with Crippen LogP contribution in [0.15, 0.2) is 23.2 Å². The molecule has 1 aliphatic carbocycles. The molecule has 0 spiro atoms. The van der Waals surface area contributed by atoms with Crippen LogP contribution in [0.3, 0.4) is 0 Å². The summed E-state index contributed by atoms with van der Waals surface area (Å²) < 4.78 is 13.7. The second-order valence-electron chi connectivity index (χ2n) is 6.66. The first-order valence-corrected chi connectivity index (χ1v) is 8.91. The third-order valence-electron chi connectivity index (χ3n) is 4.32. The van der Waals surface area contributed by atoms with Crippen LogP contribution in [0.1, 0.15) is 31.2 Å². The maximum absolute atomic E-state index is 13.7. The van der Waals surface area contributed by atoms with Crippen LogP contribution in [-0.4, -0.2) is 55.4 Å². The summed E-state index contributed by atoms with van der Waals surface area (Å²) in [7, 11) is 5.30. The van der Waals surface area contributed by atoms with Gasteiger partial charge in [0.1, 0.15) is 12.4 Å². The fourth-order valence-corrected chi connectivity index (χ4v) is 2.92. The number of nitrogens with zero attached hydrogens (tertiary/aromatic N) is 3. The van der Waals surface area contributed by atoms with E-state index in [1.54, 1.807) is 26.2 Å². The molecule has 2 rings (SSSR count). The third kappa shape index (κ3) is 5.88. The summed E-state index contributed by atoms with van der Waals surface area (Å²) >= 11 is 5.74. The molecule has 0 atom stereocenters. The SMILES string of the molecule is CN(C)C(=O)CN=C(NC1CCCC1)N(C)Cc1ccc(Cl)c(F)c1.